The number of hydrogen-bond donors (Lipinski definition) is 2. The quantitative estimate of drug-likeness (QED) is 0.151. The summed E-state index contributed by atoms with van der Waals surface area (Å²) in [6.07, 6.45) is 4.42. The van der Waals surface area contributed by atoms with Crippen molar-refractivity contribution in [2.75, 3.05) is 0 Å². The molecule has 4 rings (SSSR count). The Balaban J connectivity index is -0.0000000168. The Morgan fingerprint density at radius 3 is 0.804 bits per heavy atom. The number of rotatable bonds is 7. The van der Waals surface area contributed by atoms with Crippen molar-refractivity contribution in [3.05, 3.63) is 60.2 Å². The Labute approximate surface area is 381 Å². The third-order valence-corrected chi connectivity index (χ3v) is 5.28. The van der Waals surface area contributed by atoms with Crippen LogP contribution in [0.1, 0.15) is 38.3 Å². The van der Waals surface area contributed by atoms with Gasteiger partial charge in [-0.2, -0.15) is 0 Å². The number of aromatic amines is 2. The topological polar surface area (TPSA) is 581 Å². The predicted octanol–water partition coefficient (Wildman–Crippen LogP) is 1.56. The molecule has 0 bridgehead atoms. The van der Waals surface area contributed by atoms with Crippen molar-refractivity contribution in [2.45, 2.75) is 52.6 Å². The van der Waals surface area contributed by atoms with Gasteiger partial charge in [-0.25, -0.2) is 19.1 Å². The molecule has 0 aliphatic rings. The normalized spacial score (nSPS) is 5.92. The van der Waals surface area contributed by atoms with Crippen LogP contribution in [0.25, 0.3) is 22.1 Å². The van der Waals surface area contributed by atoms with Crippen LogP contribution in [0.3, 0.4) is 0 Å². The summed E-state index contributed by atoms with van der Waals surface area (Å²) >= 11 is 0. The Morgan fingerprint density at radius 1 is 0.373 bits per heavy atom. The second-order valence-corrected chi connectivity index (χ2v) is 6.90. The van der Waals surface area contributed by atoms with Gasteiger partial charge in [0.15, 0.2) is 22.1 Å². The fraction of sp³-hybridized carbons (Fsp3) is 0.364. The van der Waals surface area contributed by atoms with Crippen LogP contribution in [0.5, 0.6) is 0 Å². The molecule has 2 N–H and O–H groups in total. The van der Waals surface area contributed by atoms with Crippen molar-refractivity contribution < 1.29 is 240 Å². The molecular weight excluding hydrogens is 1200 g/mol. The van der Waals surface area contributed by atoms with Crippen LogP contribution in [0, 0.1) is 0 Å². The van der Waals surface area contributed by atoms with Gasteiger partial charge in [-0.3, -0.25) is 0 Å². The minimum absolute atomic E-state index is 0. The molecule has 0 saturated carbocycles. The third-order valence-electron chi connectivity index (χ3n) is 5.28. The van der Waals surface area contributed by atoms with Crippen molar-refractivity contribution >= 4 is 22.1 Å². The first-order valence-corrected chi connectivity index (χ1v) is 9.80. The van der Waals surface area contributed by atoms with Gasteiger partial charge in [0.05, 0.1) is 13.1 Å². The number of imidazole rings is 2. The number of H-pyrrole nitrogens is 2. The van der Waals surface area contributed by atoms with Gasteiger partial charge in [0.1, 0.15) is 0 Å². The van der Waals surface area contributed by atoms with Crippen LogP contribution in [0.4, 0.5) is 0 Å². The molecule has 0 radical (unpaired) electrons. The molecule has 0 amide bonds. The van der Waals surface area contributed by atoms with Crippen molar-refractivity contribution in [1.29, 1.82) is 0 Å². The molecule has 0 saturated heterocycles. The zero-order valence-electron chi connectivity index (χ0n) is 26.0. The SMILES string of the molecule is CCc1[nH]c2ccccc2[n+]1CCCC[n+]1c(CC)[nH]c2ccccc21.[Mo].[Mo].[Mo].[Mo].[Mo].[Mo].[O-2].[O-2].[O-2].[O-2].[O-2].[O-2].[O-2].[O-2].[O-2].[O-2].[O-2].[O-2].[O-2].[O-2].[O-2].[O-2].[O-2].[O-2].[O-2]. The first-order valence-electron chi connectivity index (χ1n) is 9.80. The molecule has 322 valence electrons. The predicted molar refractivity (Wildman–Crippen MR) is 118 cm³/mol. The number of benzene rings is 2. The standard InChI is InChI=1S/C22H26N4.6Mo.19O/c1-3-21-23-17-11-5-7-13-19(17)25(21)15-9-10-16-26-20-14-8-6-12-18(20)24-22(26)4-2;;;;;;;;;;;;;;;;;;;;;;;;;/h5-8,11-14H,3-4,9-10,15-16H2,1-2H3;;;;;;;;;;;;;;;;;;;;;;;;;/q;;;;;;;19*-2/p+2. The number of unbranched alkanes of at least 4 members (excludes halogenated alkanes) is 1. The Kier molecular flexibility index (Phi) is 223. The molecule has 51 heavy (non-hydrogen) atoms. The molecule has 0 atom stereocenters. The molecule has 4 aromatic rings. The van der Waals surface area contributed by atoms with Gasteiger partial charge in [0.2, 0.25) is 0 Å². The summed E-state index contributed by atoms with van der Waals surface area (Å²) in [6, 6.07) is 17.2. The number of aryl methyl sites for hydroxylation is 4. The van der Waals surface area contributed by atoms with Gasteiger partial charge >= 0.3 is 0 Å². The maximum absolute atomic E-state index is 3.56. The van der Waals surface area contributed by atoms with E-state index in [9.17, 15) is 0 Å². The molecule has 2 aromatic carbocycles. The third kappa shape index (κ3) is 36.2. The van der Waals surface area contributed by atoms with Crippen LogP contribution in [-0.4, -0.2) is 9.97 Å². The zero-order chi connectivity index (χ0) is 17.9. The van der Waals surface area contributed by atoms with Crippen LogP contribution in [0.15, 0.2) is 48.5 Å². The summed E-state index contributed by atoms with van der Waals surface area (Å²) in [5.74, 6) is 2.64. The molecule has 0 spiro atoms. The van der Waals surface area contributed by atoms with E-state index in [0.717, 1.165) is 25.9 Å². The smallest absolute Gasteiger partial charge is 0.254 e. The second-order valence-electron chi connectivity index (χ2n) is 6.90. The molecule has 23 nitrogen and oxygen atoms in total. The Bertz CT molecular complexity index is 1010. The molecule has 2 aromatic heterocycles. The number of aromatic nitrogens is 4. The Morgan fingerprint density at radius 2 is 0.588 bits per heavy atom. The van der Waals surface area contributed by atoms with Gasteiger partial charge in [-0.05, 0) is 37.1 Å². The molecule has 0 fully saturated rings. The van der Waals surface area contributed by atoms with E-state index >= 15 is 0 Å². The second kappa shape index (κ2) is 75.6. The summed E-state index contributed by atoms with van der Waals surface area (Å²) in [5.41, 5.74) is 5.11. The molecule has 2 heterocycles. The van der Waals surface area contributed by atoms with Gasteiger partial charge in [-0.1, -0.05) is 38.1 Å². The number of fused-ring (bicyclic) bond motifs is 2. The van der Waals surface area contributed by atoms with E-state index in [1.807, 2.05) is 0 Å². The molecule has 0 aliphatic heterocycles. The maximum atomic E-state index is 3.56. The summed E-state index contributed by atoms with van der Waals surface area (Å²) in [6.45, 7) is 6.57. The summed E-state index contributed by atoms with van der Waals surface area (Å²) < 4.78 is 4.91. The fourth-order valence-corrected chi connectivity index (χ4v) is 3.98. The van der Waals surface area contributed by atoms with Crippen LogP contribution < -0.4 is 9.13 Å². The van der Waals surface area contributed by atoms with Crippen molar-refractivity contribution in [3.63, 3.8) is 0 Å². The fourth-order valence-electron chi connectivity index (χ4n) is 3.98. The maximum Gasteiger partial charge on any atom is 0.254 e. The Hall–Kier alpha value is 0.750. The van der Waals surface area contributed by atoms with E-state index in [1.54, 1.807) is 0 Å². The molecular formula is C22H28Mo6N4O19-36. The van der Waals surface area contributed by atoms with E-state index in [2.05, 4.69) is 81.5 Å². The first kappa shape index (κ1) is 151. The van der Waals surface area contributed by atoms with E-state index in [1.165, 1.54) is 46.6 Å². The molecule has 0 unspecified atom stereocenters. The van der Waals surface area contributed by atoms with E-state index < -0.39 is 0 Å². The van der Waals surface area contributed by atoms with Gasteiger partial charge in [0, 0.05) is 139 Å². The van der Waals surface area contributed by atoms with Gasteiger partial charge < -0.3 is 104 Å². The summed E-state index contributed by atoms with van der Waals surface area (Å²) in [4.78, 5) is 7.13. The first-order chi connectivity index (χ1) is 12.8. The molecule has 0 aliphatic carbocycles. The summed E-state index contributed by atoms with van der Waals surface area (Å²) in [5, 5.41) is 0. The zero-order valence-corrected chi connectivity index (χ0v) is 38.0. The van der Waals surface area contributed by atoms with Crippen molar-refractivity contribution in [2.24, 2.45) is 0 Å². The largest absolute Gasteiger partial charge is 2.00 e. The summed E-state index contributed by atoms with van der Waals surface area (Å²) in [7, 11) is 0. The minimum Gasteiger partial charge on any atom is -2.00 e. The monoisotopic (exact) mass is 1240 g/mol. The number of nitrogens with one attached hydrogen (secondary N) is 2. The average molecular weight is 1230 g/mol. The average Bonchev–Trinajstić information content (AvgIpc) is 3.23. The number of para-hydroxylation sites is 4. The van der Waals surface area contributed by atoms with Crippen molar-refractivity contribution in [1.82, 2.24) is 9.97 Å². The van der Waals surface area contributed by atoms with E-state index in [0.29, 0.717) is 0 Å². The van der Waals surface area contributed by atoms with E-state index in [-0.39, 0.29) is 230 Å². The molecule has 29 heteroatoms. The van der Waals surface area contributed by atoms with Crippen LogP contribution in [0.2, 0.25) is 0 Å². The van der Waals surface area contributed by atoms with Gasteiger partial charge in [0.25, 0.3) is 11.6 Å². The van der Waals surface area contributed by atoms with Crippen LogP contribution in [-0.2, 0) is 256 Å². The minimum atomic E-state index is 0. The number of hydrogen-bond acceptors (Lipinski definition) is 0. The van der Waals surface area contributed by atoms with Crippen molar-refractivity contribution in [3.8, 4) is 0 Å². The number of nitrogens with zero attached hydrogens (tertiary/aromatic N) is 2. The van der Waals surface area contributed by atoms with Gasteiger partial charge in [-0.15, -0.1) is 0 Å². The van der Waals surface area contributed by atoms with Crippen LogP contribution >= 0.6 is 0 Å². The van der Waals surface area contributed by atoms with E-state index in [4.69, 9.17) is 0 Å².